The van der Waals surface area contributed by atoms with Crippen LogP contribution in [0.2, 0.25) is 0 Å². The third-order valence-electron chi connectivity index (χ3n) is 1.04. The Balaban J connectivity index is 4.61. The zero-order valence-electron chi connectivity index (χ0n) is 6.77. The quantitative estimate of drug-likeness (QED) is 0.334. The summed E-state index contributed by atoms with van der Waals surface area (Å²) in [7, 11) is 0. The van der Waals surface area contributed by atoms with Crippen molar-refractivity contribution in [1.82, 2.24) is 0 Å². The first kappa shape index (κ1) is 10.7. The van der Waals surface area contributed by atoms with Crippen molar-refractivity contribution in [1.29, 1.82) is 0 Å². The summed E-state index contributed by atoms with van der Waals surface area (Å²) in [4.78, 5) is 28.6. The van der Waals surface area contributed by atoms with Gasteiger partial charge in [0, 0.05) is 6.92 Å². The molecule has 0 amide bonds. The average Bonchev–Trinajstić information content (AvgIpc) is 1.98. The summed E-state index contributed by atoms with van der Waals surface area (Å²) in [6.45, 7) is 2.53. The number of nitrogens with zero attached hydrogens (tertiary/aromatic N) is 1. The summed E-state index contributed by atoms with van der Waals surface area (Å²) in [5, 5.41) is 8.44. The van der Waals surface area contributed by atoms with Crippen LogP contribution in [0, 0.1) is 0 Å². The molecule has 0 spiro atoms. The molecule has 0 aromatic heterocycles. The van der Waals surface area contributed by atoms with Gasteiger partial charge in [-0.2, -0.15) is 0 Å². The second kappa shape index (κ2) is 4.58. The predicted octanol–water partition coefficient (Wildman–Crippen LogP) is -0.663. The van der Waals surface area contributed by atoms with Gasteiger partial charge in [0.15, 0.2) is 17.7 Å². The fourth-order valence-corrected chi connectivity index (χ4v) is 0.509. The number of carbonyl (C=O) groups is 2. The van der Waals surface area contributed by atoms with Gasteiger partial charge in [-0.25, -0.2) is 15.7 Å². The van der Waals surface area contributed by atoms with Crippen LogP contribution in [0.3, 0.4) is 0 Å². The highest BCUT2D eigenvalue weighted by atomic mass is 16.6. The lowest BCUT2D eigenvalue weighted by molar-refractivity contribution is -0.130. The highest BCUT2D eigenvalue weighted by molar-refractivity contribution is 6.63. The average molecular weight is 174 g/mol. The smallest absolute Gasteiger partial charge is 0.357 e. The zero-order valence-corrected chi connectivity index (χ0v) is 6.77. The summed E-state index contributed by atoms with van der Waals surface area (Å²) in [6, 6.07) is 0. The van der Waals surface area contributed by atoms with Gasteiger partial charge in [-0.3, -0.25) is 9.63 Å². The van der Waals surface area contributed by atoms with Crippen LogP contribution in [0.25, 0.3) is 0 Å². The van der Waals surface area contributed by atoms with Crippen molar-refractivity contribution in [3.8, 4) is 0 Å². The van der Waals surface area contributed by atoms with E-state index in [1.165, 1.54) is 6.92 Å². The zero-order chi connectivity index (χ0) is 9.72. The molecule has 0 aromatic rings. The number of hydrogen-bond acceptors (Lipinski definition) is 5. The molecule has 0 bridgehead atoms. The summed E-state index contributed by atoms with van der Waals surface area (Å²) in [5.41, 5.74) is -0.562. The minimum Gasteiger partial charge on any atom is -0.476 e. The second-order valence-corrected chi connectivity index (χ2v) is 2.07. The van der Waals surface area contributed by atoms with Crippen LogP contribution >= 0.6 is 0 Å². The van der Waals surface area contributed by atoms with Crippen LogP contribution in [-0.4, -0.2) is 28.8 Å². The number of nitrogens with two attached hydrogens (primary N) is 1. The van der Waals surface area contributed by atoms with E-state index in [0.717, 1.165) is 6.92 Å². The molecular weight excluding hydrogens is 164 g/mol. The third kappa shape index (κ3) is 3.22. The molecule has 0 saturated carbocycles. The number of aliphatic carboxylic acids is 1. The monoisotopic (exact) mass is 174 g/mol. The fourth-order valence-electron chi connectivity index (χ4n) is 0.509. The molecular formula is C6H10N2O4. The minimum absolute atomic E-state index is 0.562. The highest BCUT2D eigenvalue weighted by Gasteiger charge is 2.15. The van der Waals surface area contributed by atoms with E-state index < -0.39 is 23.7 Å². The number of hydrogen-bond donors (Lipinski definition) is 2. The van der Waals surface area contributed by atoms with Crippen LogP contribution in [0.15, 0.2) is 4.99 Å². The number of aliphatic imine (C=N–C) groups is 1. The molecule has 0 radical (unpaired) electrons. The van der Waals surface area contributed by atoms with E-state index in [-0.39, 0.29) is 0 Å². The number of ketones is 1. The van der Waals surface area contributed by atoms with Crippen molar-refractivity contribution in [3.05, 3.63) is 0 Å². The molecule has 0 heterocycles. The molecule has 0 saturated heterocycles. The van der Waals surface area contributed by atoms with Crippen LogP contribution in [0.4, 0.5) is 0 Å². The Morgan fingerprint density at radius 1 is 1.58 bits per heavy atom. The third-order valence-corrected chi connectivity index (χ3v) is 1.04. The van der Waals surface area contributed by atoms with E-state index in [0.29, 0.717) is 0 Å². The van der Waals surface area contributed by atoms with Gasteiger partial charge in [0.1, 0.15) is 0 Å². The molecule has 0 aliphatic rings. The summed E-state index contributed by atoms with van der Waals surface area (Å²) < 4.78 is 0. The Morgan fingerprint density at radius 3 is 2.33 bits per heavy atom. The number of Topliss-reactive ketones (excluding diaryl/α,β-unsaturated/α-hetero) is 1. The lowest BCUT2D eigenvalue weighted by atomic mass is 10.3. The second-order valence-electron chi connectivity index (χ2n) is 2.07. The van der Waals surface area contributed by atoms with Crippen LogP contribution in [-0.2, 0) is 14.4 Å². The Hall–Kier alpha value is -1.27. The predicted molar refractivity (Wildman–Crippen MR) is 40.5 cm³/mol. The Morgan fingerprint density at radius 2 is 2.08 bits per heavy atom. The standard InChI is InChI=1S/C6H10N2O4/c1-3(9)5(6(10)11)8-4(2)12-7/h4H,7H2,1-2H3,(H,10,11)/b8-5-. The van der Waals surface area contributed by atoms with Gasteiger partial charge in [-0.15, -0.1) is 0 Å². The number of carboxylic acid groups (broad SMARTS) is 1. The number of carboxylic acids is 1. The maximum absolute atomic E-state index is 10.6. The molecule has 0 aliphatic carbocycles. The van der Waals surface area contributed by atoms with Crippen molar-refractivity contribution in [2.24, 2.45) is 10.9 Å². The van der Waals surface area contributed by atoms with Gasteiger partial charge in [0.2, 0.25) is 0 Å². The van der Waals surface area contributed by atoms with Crippen molar-refractivity contribution < 1.29 is 19.5 Å². The first-order chi connectivity index (χ1) is 5.49. The molecule has 0 aliphatic heterocycles. The SMILES string of the molecule is CC(=O)/C(=N/C(C)ON)C(=O)O. The van der Waals surface area contributed by atoms with Crippen LogP contribution in [0.1, 0.15) is 13.8 Å². The largest absolute Gasteiger partial charge is 0.476 e. The number of carbonyl (C=O) groups excluding carboxylic acids is 1. The van der Waals surface area contributed by atoms with E-state index in [1.807, 2.05) is 0 Å². The molecule has 1 unspecified atom stereocenters. The van der Waals surface area contributed by atoms with Gasteiger partial charge in [-0.05, 0) is 6.92 Å². The Labute approximate surface area is 69.0 Å². The van der Waals surface area contributed by atoms with Gasteiger partial charge >= 0.3 is 5.97 Å². The lowest BCUT2D eigenvalue weighted by Crippen LogP contribution is -2.24. The van der Waals surface area contributed by atoms with Crippen LogP contribution < -0.4 is 5.90 Å². The van der Waals surface area contributed by atoms with Gasteiger partial charge in [0.05, 0.1) is 0 Å². The first-order valence-electron chi connectivity index (χ1n) is 3.16. The molecule has 0 aromatic carbocycles. The lowest BCUT2D eigenvalue weighted by Gasteiger charge is -2.02. The maximum Gasteiger partial charge on any atom is 0.357 e. The molecule has 3 N–H and O–H groups in total. The highest BCUT2D eigenvalue weighted by Crippen LogP contribution is 1.91. The summed E-state index contributed by atoms with van der Waals surface area (Å²) in [6.07, 6.45) is -0.833. The van der Waals surface area contributed by atoms with E-state index in [9.17, 15) is 9.59 Å². The van der Waals surface area contributed by atoms with Gasteiger partial charge < -0.3 is 5.11 Å². The first-order valence-corrected chi connectivity index (χ1v) is 3.16. The van der Waals surface area contributed by atoms with E-state index in [1.54, 1.807) is 0 Å². The maximum atomic E-state index is 10.6. The van der Waals surface area contributed by atoms with Gasteiger partial charge in [0.25, 0.3) is 0 Å². The Kier molecular flexibility index (Phi) is 4.09. The molecule has 68 valence electrons. The van der Waals surface area contributed by atoms with E-state index in [2.05, 4.69) is 9.83 Å². The molecule has 0 rings (SSSR count). The van der Waals surface area contributed by atoms with Crippen molar-refractivity contribution in [3.63, 3.8) is 0 Å². The Bertz CT molecular complexity index is 208. The van der Waals surface area contributed by atoms with E-state index >= 15 is 0 Å². The topological polar surface area (TPSA) is 102 Å². The van der Waals surface area contributed by atoms with Crippen molar-refractivity contribution >= 4 is 17.5 Å². The molecule has 6 nitrogen and oxygen atoms in total. The van der Waals surface area contributed by atoms with Crippen molar-refractivity contribution in [2.45, 2.75) is 20.1 Å². The summed E-state index contributed by atoms with van der Waals surface area (Å²) >= 11 is 0. The van der Waals surface area contributed by atoms with Gasteiger partial charge in [-0.1, -0.05) is 0 Å². The molecule has 1 atom stereocenters. The summed E-state index contributed by atoms with van der Waals surface area (Å²) in [5.74, 6) is 2.69. The molecule has 6 heteroatoms. The van der Waals surface area contributed by atoms with Crippen molar-refractivity contribution in [2.75, 3.05) is 0 Å². The fraction of sp³-hybridized carbons (Fsp3) is 0.500. The number of rotatable bonds is 4. The normalized spacial score (nSPS) is 14.1. The minimum atomic E-state index is -1.38. The van der Waals surface area contributed by atoms with E-state index in [4.69, 9.17) is 11.0 Å². The molecule has 12 heavy (non-hydrogen) atoms. The van der Waals surface area contributed by atoms with Crippen LogP contribution in [0.5, 0.6) is 0 Å². The molecule has 0 fully saturated rings.